The minimum atomic E-state index is -0.210. The standard InChI is InChI=1S/C8H15NO/c1-7(10)8(9)5-3-2-4-6-8/h2-6,9H2,1H3/p+1. The summed E-state index contributed by atoms with van der Waals surface area (Å²) in [7, 11) is 0. The predicted molar refractivity (Wildman–Crippen MR) is 39.4 cm³/mol. The summed E-state index contributed by atoms with van der Waals surface area (Å²) in [5, 5.41) is 0. The van der Waals surface area contributed by atoms with Crippen molar-refractivity contribution in [3.63, 3.8) is 0 Å². The van der Waals surface area contributed by atoms with Crippen LogP contribution in [0.4, 0.5) is 0 Å². The third-order valence-corrected chi connectivity index (χ3v) is 2.56. The summed E-state index contributed by atoms with van der Waals surface area (Å²) in [4.78, 5) is 11.1. The maximum Gasteiger partial charge on any atom is 0.189 e. The van der Waals surface area contributed by atoms with Crippen molar-refractivity contribution in [1.82, 2.24) is 0 Å². The number of ketones is 1. The van der Waals surface area contributed by atoms with Gasteiger partial charge in [-0.2, -0.15) is 0 Å². The zero-order chi connectivity index (χ0) is 7.61. The Labute approximate surface area is 61.8 Å². The normalized spacial score (nSPS) is 24.2. The molecular weight excluding hydrogens is 126 g/mol. The van der Waals surface area contributed by atoms with Gasteiger partial charge in [-0.3, -0.25) is 4.79 Å². The van der Waals surface area contributed by atoms with Gasteiger partial charge < -0.3 is 5.73 Å². The molecule has 0 atom stereocenters. The van der Waals surface area contributed by atoms with Gasteiger partial charge in [0.1, 0.15) is 0 Å². The van der Waals surface area contributed by atoms with E-state index in [1.165, 1.54) is 19.3 Å². The van der Waals surface area contributed by atoms with E-state index >= 15 is 0 Å². The highest BCUT2D eigenvalue weighted by molar-refractivity contribution is 5.84. The Morgan fingerprint density at radius 3 is 2.10 bits per heavy atom. The molecule has 0 heterocycles. The van der Waals surface area contributed by atoms with Crippen LogP contribution < -0.4 is 5.73 Å². The second-order valence-electron chi connectivity index (χ2n) is 3.40. The smallest absolute Gasteiger partial charge is 0.189 e. The first kappa shape index (κ1) is 7.73. The number of hydrogen-bond donors (Lipinski definition) is 1. The highest BCUT2D eigenvalue weighted by atomic mass is 16.1. The van der Waals surface area contributed by atoms with Crippen molar-refractivity contribution in [2.45, 2.75) is 44.6 Å². The van der Waals surface area contributed by atoms with Crippen LogP contribution in [0, 0.1) is 0 Å². The van der Waals surface area contributed by atoms with Crippen LogP contribution in [0.1, 0.15) is 39.0 Å². The molecular formula is C8H16NO+. The van der Waals surface area contributed by atoms with Crippen LogP contribution >= 0.6 is 0 Å². The highest BCUT2D eigenvalue weighted by Crippen LogP contribution is 2.24. The lowest BCUT2D eigenvalue weighted by Crippen LogP contribution is -2.76. The van der Waals surface area contributed by atoms with Gasteiger partial charge in [-0.05, 0) is 12.8 Å². The fourth-order valence-electron chi connectivity index (χ4n) is 1.58. The fourth-order valence-corrected chi connectivity index (χ4v) is 1.58. The second-order valence-corrected chi connectivity index (χ2v) is 3.40. The maximum absolute atomic E-state index is 11.1. The van der Waals surface area contributed by atoms with E-state index in [4.69, 9.17) is 0 Å². The third kappa shape index (κ3) is 1.37. The Balaban J connectivity index is 2.56. The highest BCUT2D eigenvalue weighted by Gasteiger charge is 2.35. The molecule has 0 aliphatic heterocycles. The molecule has 58 valence electrons. The molecule has 0 aromatic heterocycles. The molecule has 0 radical (unpaired) electrons. The summed E-state index contributed by atoms with van der Waals surface area (Å²) >= 11 is 0. The van der Waals surface area contributed by atoms with E-state index in [0.717, 1.165) is 12.8 Å². The first-order chi connectivity index (χ1) is 4.65. The Morgan fingerprint density at radius 1 is 1.30 bits per heavy atom. The summed E-state index contributed by atoms with van der Waals surface area (Å²) in [6, 6.07) is 0. The van der Waals surface area contributed by atoms with Gasteiger partial charge in [-0.1, -0.05) is 6.42 Å². The molecule has 0 bridgehead atoms. The van der Waals surface area contributed by atoms with Crippen LogP contribution in [-0.2, 0) is 4.79 Å². The SMILES string of the molecule is CC(=O)C1([NH3+])CCCCC1. The predicted octanol–water partition coefficient (Wildman–Crippen LogP) is 0.520. The minimum Gasteiger partial charge on any atom is -0.347 e. The molecule has 1 aliphatic carbocycles. The molecule has 1 fully saturated rings. The average Bonchev–Trinajstić information content (AvgIpc) is 1.89. The van der Waals surface area contributed by atoms with E-state index in [9.17, 15) is 4.79 Å². The Bertz CT molecular complexity index is 136. The topological polar surface area (TPSA) is 44.7 Å². The second kappa shape index (κ2) is 2.70. The molecule has 0 aromatic rings. The monoisotopic (exact) mass is 142 g/mol. The van der Waals surface area contributed by atoms with Crippen LogP contribution in [0.5, 0.6) is 0 Å². The lowest BCUT2D eigenvalue weighted by molar-refractivity contribution is -0.463. The molecule has 0 saturated heterocycles. The van der Waals surface area contributed by atoms with E-state index in [1.807, 2.05) is 0 Å². The Kier molecular flexibility index (Phi) is 2.09. The molecule has 1 saturated carbocycles. The molecule has 3 N–H and O–H groups in total. The van der Waals surface area contributed by atoms with Crippen molar-refractivity contribution in [2.24, 2.45) is 0 Å². The summed E-state index contributed by atoms with van der Waals surface area (Å²) < 4.78 is 0. The van der Waals surface area contributed by atoms with Crippen molar-refractivity contribution < 1.29 is 10.5 Å². The first-order valence-corrected chi connectivity index (χ1v) is 4.01. The van der Waals surface area contributed by atoms with E-state index < -0.39 is 0 Å². The van der Waals surface area contributed by atoms with Crippen LogP contribution in [0.25, 0.3) is 0 Å². The minimum absolute atomic E-state index is 0.210. The van der Waals surface area contributed by atoms with E-state index in [-0.39, 0.29) is 11.3 Å². The number of hydrogen-bond acceptors (Lipinski definition) is 1. The fraction of sp³-hybridized carbons (Fsp3) is 0.875. The third-order valence-electron chi connectivity index (χ3n) is 2.56. The lowest BCUT2D eigenvalue weighted by atomic mass is 9.80. The molecule has 0 aromatic carbocycles. The van der Waals surface area contributed by atoms with Gasteiger partial charge in [0, 0.05) is 19.8 Å². The summed E-state index contributed by atoms with van der Waals surface area (Å²) in [6.07, 6.45) is 5.65. The largest absolute Gasteiger partial charge is 0.347 e. The van der Waals surface area contributed by atoms with Crippen molar-refractivity contribution in [2.75, 3.05) is 0 Å². The van der Waals surface area contributed by atoms with Crippen molar-refractivity contribution in [3.8, 4) is 0 Å². The van der Waals surface area contributed by atoms with Crippen LogP contribution in [0.3, 0.4) is 0 Å². The number of carbonyl (C=O) groups is 1. The van der Waals surface area contributed by atoms with Gasteiger partial charge in [0.05, 0.1) is 0 Å². The molecule has 0 amide bonds. The van der Waals surface area contributed by atoms with Crippen LogP contribution in [0.15, 0.2) is 0 Å². The molecule has 0 unspecified atom stereocenters. The van der Waals surface area contributed by atoms with Crippen LogP contribution in [-0.4, -0.2) is 11.3 Å². The van der Waals surface area contributed by atoms with Gasteiger partial charge in [0.25, 0.3) is 0 Å². The van der Waals surface area contributed by atoms with Gasteiger partial charge in [0.2, 0.25) is 0 Å². The molecule has 10 heavy (non-hydrogen) atoms. The Morgan fingerprint density at radius 2 is 1.80 bits per heavy atom. The molecule has 2 nitrogen and oxygen atoms in total. The van der Waals surface area contributed by atoms with Gasteiger partial charge >= 0.3 is 0 Å². The molecule has 2 heteroatoms. The molecule has 1 rings (SSSR count). The van der Waals surface area contributed by atoms with Gasteiger partial charge in [0.15, 0.2) is 11.3 Å². The molecule has 0 spiro atoms. The van der Waals surface area contributed by atoms with Gasteiger partial charge in [-0.15, -0.1) is 0 Å². The van der Waals surface area contributed by atoms with Crippen molar-refractivity contribution in [1.29, 1.82) is 0 Å². The van der Waals surface area contributed by atoms with Gasteiger partial charge in [-0.25, -0.2) is 0 Å². The summed E-state index contributed by atoms with van der Waals surface area (Å²) in [5.74, 6) is 0.271. The summed E-state index contributed by atoms with van der Waals surface area (Å²) in [6.45, 7) is 1.66. The number of carbonyl (C=O) groups excluding carboxylic acids is 1. The van der Waals surface area contributed by atoms with Crippen molar-refractivity contribution >= 4 is 5.78 Å². The Hall–Kier alpha value is -0.370. The van der Waals surface area contributed by atoms with E-state index in [1.54, 1.807) is 6.92 Å². The first-order valence-electron chi connectivity index (χ1n) is 4.01. The van der Waals surface area contributed by atoms with E-state index in [2.05, 4.69) is 5.73 Å². The number of quaternary nitrogens is 1. The number of Topliss-reactive ketones (excluding diaryl/α,β-unsaturated/α-hetero) is 1. The zero-order valence-corrected chi connectivity index (χ0v) is 6.65. The maximum atomic E-state index is 11.1. The van der Waals surface area contributed by atoms with Crippen molar-refractivity contribution in [3.05, 3.63) is 0 Å². The molecule has 1 aliphatic rings. The quantitative estimate of drug-likeness (QED) is 0.570. The lowest BCUT2D eigenvalue weighted by Gasteiger charge is -2.26. The van der Waals surface area contributed by atoms with Crippen LogP contribution in [0.2, 0.25) is 0 Å². The average molecular weight is 142 g/mol. The summed E-state index contributed by atoms with van der Waals surface area (Å²) in [5.41, 5.74) is 3.77. The zero-order valence-electron chi connectivity index (χ0n) is 6.65. The number of rotatable bonds is 1. The van der Waals surface area contributed by atoms with E-state index in [0.29, 0.717) is 0 Å².